The molecule has 0 aromatic heterocycles. The highest BCUT2D eigenvalue weighted by Gasteiger charge is 2.18. The van der Waals surface area contributed by atoms with Crippen molar-refractivity contribution in [2.45, 2.75) is 25.8 Å². The van der Waals surface area contributed by atoms with Gasteiger partial charge < -0.3 is 5.11 Å². The van der Waals surface area contributed by atoms with E-state index in [4.69, 9.17) is 5.11 Å². The van der Waals surface area contributed by atoms with Crippen LogP contribution in [-0.4, -0.2) is 35.1 Å². The van der Waals surface area contributed by atoms with Crippen LogP contribution < -0.4 is 0 Å². The van der Waals surface area contributed by atoms with Gasteiger partial charge in [0, 0.05) is 18.7 Å². The van der Waals surface area contributed by atoms with Crippen LogP contribution >= 0.6 is 0 Å². The molecule has 1 atom stereocenters. The molecule has 1 aliphatic rings. The number of carboxylic acid groups (broad SMARTS) is 1. The van der Waals surface area contributed by atoms with Crippen molar-refractivity contribution in [3.63, 3.8) is 0 Å². The first-order valence-corrected chi connectivity index (χ1v) is 4.33. The highest BCUT2D eigenvalue weighted by atomic mass is 16.4. The fourth-order valence-corrected chi connectivity index (χ4v) is 1.55. The number of carboxylic acids is 1. The van der Waals surface area contributed by atoms with Gasteiger partial charge in [0.05, 0.1) is 0 Å². The van der Waals surface area contributed by atoms with Crippen molar-refractivity contribution in [1.82, 2.24) is 4.90 Å². The molecule has 3 heteroatoms. The normalized spacial score (nSPS) is 25.2. The SMILES string of the molecule is CC1CCCN1CC=CC(=O)O. The summed E-state index contributed by atoms with van der Waals surface area (Å²) in [6.45, 7) is 4.06. The van der Waals surface area contributed by atoms with E-state index < -0.39 is 5.97 Å². The minimum Gasteiger partial charge on any atom is -0.478 e. The van der Waals surface area contributed by atoms with E-state index in [0.29, 0.717) is 6.04 Å². The molecule has 0 spiro atoms. The molecule has 0 bridgehead atoms. The fourth-order valence-electron chi connectivity index (χ4n) is 1.55. The van der Waals surface area contributed by atoms with Crippen molar-refractivity contribution >= 4 is 5.97 Å². The summed E-state index contributed by atoms with van der Waals surface area (Å²) < 4.78 is 0. The van der Waals surface area contributed by atoms with Gasteiger partial charge in [0.15, 0.2) is 0 Å². The van der Waals surface area contributed by atoms with E-state index in [9.17, 15) is 4.79 Å². The first kappa shape index (κ1) is 9.26. The molecule has 0 aromatic rings. The van der Waals surface area contributed by atoms with Gasteiger partial charge in [0.1, 0.15) is 0 Å². The Morgan fingerprint density at radius 2 is 2.50 bits per heavy atom. The fraction of sp³-hybridized carbons (Fsp3) is 0.667. The Morgan fingerprint density at radius 3 is 3.00 bits per heavy atom. The Bertz CT molecular complexity index is 189. The average Bonchev–Trinajstić information content (AvgIpc) is 2.36. The summed E-state index contributed by atoms with van der Waals surface area (Å²) in [7, 11) is 0. The van der Waals surface area contributed by atoms with Crippen molar-refractivity contribution in [2.75, 3.05) is 13.1 Å². The second-order valence-electron chi connectivity index (χ2n) is 3.23. The Labute approximate surface area is 72.7 Å². The molecule has 1 rings (SSSR count). The number of rotatable bonds is 3. The standard InChI is InChI=1S/C9H15NO2/c1-8-4-2-6-10(8)7-3-5-9(11)12/h3,5,8H,2,4,6-7H2,1H3,(H,11,12). The van der Waals surface area contributed by atoms with Gasteiger partial charge in [-0.25, -0.2) is 4.79 Å². The number of nitrogens with zero attached hydrogens (tertiary/aromatic N) is 1. The molecule has 1 heterocycles. The van der Waals surface area contributed by atoms with Gasteiger partial charge in [-0.2, -0.15) is 0 Å². The summed E-state index contributed by atoms with van der Waals surface area (Å²) in [4.78, 5) is 12.4. The van der Waals surface area contributed by atoms with E-state index in [1.807, 2.05) is 0 Å². The van der Waals surface area contributed by atoms with E-state index in [1.54, 1.807) is 6.08 Å². The van der Waals surface area contributed by atoms with Crippen LogP contribution in [0.4, 0.5) is 0 Å². The lowest BCUT2D eigenvalue weighted by Gasteiger charge is -2.18. The number of aliphatic carboxylic acids is 1. The Balaban J connectivity index is 2.26. The maximum absolute atomic E-state index is 10.1. The lowest BCUT2D eigenvalue weighted by Crippen LogP contribution is -2.26. The third kappa shape index (κ3) is 2.66. The quantitative estimate of drug-likeness (QED) is 0.643. The molecule has 1 N–H and O–H groups in total. The number of hydrogen-bond donors (Lipinski definition) is 1. The van der Waals surface area contributed by atoms with E-state index in [0.717, 1.165) is 13.1 Å². The lowest BCUT2D eigenvalue weighted by molar-refractivity contribution is -0.131. The molecule has 12 heavy (non-hydrogen) atoms. The largest absolute Gasteiger partial charge is 0.478 e. The highest BCUT2D eigenvalue weighted by Crippen LogP contribution is 2.15. The van der Waals surface area contributed by atoms with Crippen LogP contribution in [0.1, 0.15) is 19.8 Å². The molecule has 0 saturated carbocycles. The molecule has 0 amide bonds. The molecule has 0 aliphatic carbocycles. The van der Waals surface area contributed by atoms with Crippen molar-refractivity contribution in [3.8, 4) is 0 Å². The minimum atomic E-state index is -0.859. The summed E-state index contributed by atoms with van der Waals surface area (Å²) in [5.41, 5.74) is 0. The molecular weight excluding hydrogens is 154 g/mol. The zero-order chi connectivity index (χ0) is 8.97. The third-order valence-electron chi connectivity index (χ3n) is 2.29. The maximum Gasteiger partial charge on any atom is 0.328 e. The summed E-state index contributed by atoms with van der Waals surface area (Å²) in [5.74, 6) is -0.859. The third-order valence-corrected chi connectivity index (χ3v) is 2.29. The average molecular weight is 169 g/mol. The number of likely N-dealkylation sites (tertiary alicyclic amines) is 1. The predicted molar refractivity (Wildman–Crippen MR) is 47.0 cm³/mol. The smallest absolute Gasteiger partial charge is 0.328 e. The van der Waals surface area contributed by atoms with Gasteiger partial charge in [0.2, 0.25) is 0 Å². The van der Waals surface area contributed by atoms with Gasteiger partial charge in [-0.05, 0) is 26.3 Å². The van der Waals surface area contributed by atoms with Crippen LogP contribution in [0, 0.1) is 0 Å². The molecule has 0 aromatic carbocycles. The Morgan fingerprint density at radius 1 is 1.75 bits per heavy atom. The Hall–Kier alpha value is -0.830. The highest BCUT2D eigenvalue weighted by molar-refractivity contribution is 5.79. The van der Waals surface area contributed by atoms with E-state index in [-0.39, 0.29) is 0 Å². The summed E-state index contributed by atoms with van der Waals surface area (Å²) in [6.07, 6.45) is 5.40. The van der Waals surface area contributed by atoms with Gasteiger partial charge in [-0.1, -0.05) is 6.08 Å². The molecule has 3 nitrogen and oxygen atoms in total. The predicted octanol–water partition coefficient (Wildman–Crippen LogP) is 1.11. The van der Waals surface area contributed by atoms with Gasteiger partial charge >= 0.3 is 5.97 Å². The first-order chi connectivity index (χ1) is 5.70. The molecule has 68 valence electrons. The lowest BCUT2D eigenvalue weighted by atomic mass is 10.2. The molecule has 1 fully saturated rings. The van der Waals surface area contributed by atoms with Crippen LogP contribution in [0.3, 0.4) is 0 Å². The van der Waals surface area contributed by atoms with Crippen LogP contribution in [0.15, 0.2) is 12.2 Å². The molecule has 1 aliphatic heterocycles. The van der Waals surface area contributed by atoms with Crippen molar-refractivity contribution < 1.29 is 9.90 Å². The van der Waals surface area contributed by atoms with Crippen LogP contribution in [0.5, 0.6) is 0 Å². The van der Waals surface area contributed by atoms with Crippen LogP contribution in [-0.2, 0) is 4.79 Å². The van der Waals surface area contributed by atoms with Crippen LogP contribution in [0.2, 0.25) is 0 Å². The minimum absolute atomic E-state index is 0.614. The monoisotopic (exact) mass is 169 g/mol. The topological polar surface area (TPSA) is 40.5 Å². The van der Waals surface area contributed by atoms with Crippen molar-refractivity contribution in [3.05, 3.63) is 12.2 Å². The van der Waals surface area contributed by atoms with Crippen molar-refractivity contribution in [2.24, 2.45) is 0 Å². The molecule has 0 radical (unpaired) electrons. The van der Waals surface area contributed by atoms with E-state index in [1.165, 1.54) is 18.9 Å². The molecular formula is C9H15NO2. The Kier molecular flexibility index (Phi) is 3.29. The summed E-state index contributed by atoms with van der Waals surface area (Å²) in [6, 6.07) is 0.614. The second-order valence-corrected chi connectivity index (χ2v) is 3.23. The zero-order valence-corrected chi connectivity index (χ0v) is 7.36. The number of hydrogen-bond acceptors (Lipinski definition) is 2. The van der Waals surface area contributed by atoms with Gasteiger partial charge in [-0.15, -0.1) is 0 Å². The summed E-state index contributed by atoms with van der Waals surface area (Å²) in [5, 5.41) is 8.35. The number of carbonyl (C=O) groups is 1. The van der Waals surface area contributed by atoms with Gasteiger partial charge in [-0.3, -0.25) is 4.90 Å². The second kappa shape index (κ2) is 4.26. The van der Waals surface area contributed by atoms with Crippen molar-refractivity contribution in [1.29, 1.82) is 0 Å². The maximum atomic E-state index is 10.1. The van der Waals surface area contributed by atoms with Crippen LogP contribution in [0.25, 0.3) is 0 Å². The summed E-state index contributed by atoms with van der Waals surface area (Å²) >= 11 is 0. The van der Waals surface area contributed by atoms with Gasteiger partial charge in [0.25, 0.3) is 0 Å². The van der Waals surface area contributed by atoms with E-state index >= 15 is 0 Å². The van der Waals surface area contributed by atoms with E-state index in [2.05, 4.69) is 11.8 Å². The first-order valence-electron chi connectivity index (χ1n) is 4.33. The molecule has 1 saturated heterocycles. The molecule has 1 unspecified atom stereocenters. The zero-order valence-electron chi connectivity index (χ0n) is 7.36.